The van der Waals surface area contributed by atoms with Crippen LogP contribution in [-0.2, 0) is 4.57 Å². The smallest absolute Gasteiger partial charge is 0.357 e. The van der Waals surface area contributed by atoms with E-state index in [1.807, 2.05) is 0 Å². The van der Waals surface area contributed by atoms with Crippen molar-refractivity contribution < 1.29 is 29.4 Å². The van der Waals surface area contributed by atoms with E-state index in [1.165, 1.54) is 24.3 Å². The third-order valence-corrected chi connectivity index (χ3v) is 4.34. The first kappa shape index (κ1) is 16.2. The summed E-state index contributed by atoms with van der Waals surface area (Å²) in [5.41, 5.74) is 0.472. The molecule has 0 spiro atoms. The highest BCUT2D eigenvalue weighted by atomic mass is 31.2. The van der Waals surface area contributed by atoms with Gasteiger partial charge in [0.15, 0.2) is 5.78 Å². The number of carbonyl (C=O) groups excluding carboxylic acids is 1. The first-order valence-corrected chi connectivity index (χ1v) is 8.03. The normalized spacial score (nSPS) is 12.9. The van der Waals surface area contributed by atoms with Crippen molar-refractivity contribution in [3.63, 3.8) is 0 Å². The standard InChI is InChI=1S/C15H15O6P/c1-9(10-2-4-11(16)5-3-10)15(18)13-7-6-12(17)8-14(13)22(19,20)21/h2-9,16-17H,1H3,(H2,19,20,21). The molecule has 0 aromatic heterocycles. The second kappa shape index (κ2) is 5.93. The van der Waals surface area contributed by atoms with Crippen molar-refractivity contribution in [3.8, 4) is 11.5 Å². The summed E-state index contributed by atoms with van der Waals surface area (Å²) in [5.74, 6) is -1.41. The van der Waals surface area contributed by atoms with E-state index in [0.29, 0.717) is 5.56 Å². The summed E-state index contributed by atoms with van der Waals surface area (Å²) in [6.07, 6.45) is 0. The van der Waals surface area contributed by atoms with Crippen LogP contribution in [0.25, 0.3) is 0 Å². The van der Waals surface area contributed by atoms with E-state index in [0.717, 1.165) is 6.07 Å². The minimum absolute atomic E-state index is 0.0592. The van der Waals surface area contributed by atoms with E-state index in [2.05, 4.69) is 0 Å². The molecular formula is C15H15O6P. The Morgan fingerprint density at radius 3 is 2.09 bits per heavy atom. The zero-order valence-corrected chi connectivity index (χ0v) is 12.6. The molecule has 0 saturated heterocycles. The third kappa shape index (κ3) is 3.36. The van der Waals surface area contributed by atoms with Crippen LogP contribution in [-0.4, -0.2) is 25.8 Å². The monoisotopic (exact) mass is 322 g/mol. The molecule has 116 valence electrons. The van der Waals surface area contributed by atoms with Gasteiger partial charge in [-0.2, -0.15) is 0 Å². The van der Waals surface area contributed by atoms with Crippen LogP contribution in [0.15, 0.2) is 42.5 Å². The van der Waals surface area contributed by atoms with Gasteiger partial charge in [-0.15, -0.1) is 0 Å². The molecule has 0 amide bonds. The molecule has 0 bridgehead atoms. The van der Waals surface area contributed by atoms with E-state index in [1.54, 1.807) is 19.1 Å². The number of carbonyl (C=O) groups is 1. The molecule has 0 heterocycles. The van der Waals surface area contributed by atoms with Crippen molar-refractivity contribution in [2.75, 3.05) is 0 Å². The summed E-state index contributed by atoms with van der Waals surface area (Å²) in [5, 5.41) is 18.1. The minimum Gasteiger partial charge on any atom is -0.508 e. The van der Waals surface area contributed by atoms with Gasteiger partial charge in [-0.25, -0.2) is 0 Å². The first-order chi connectivity index (χ1) is 10.2. The largest absolute Gasteiger partial charge is 0.508 e. The molecule has 0 fully saturated rings. The van der Waals surface area contributed by atoms with E-state index in [-0.39, 0.29) is 17.1 Å². The van der Waals surface area contributed by atoms with Crippen LogP contribution >= 0.6 is 7.60 Å². The van der Waals surface area contributed by atoms with Crippen molar-refractivity contribution in [1.29, 1.82) is 0 Å². The van der Waals surface area contributed by atoms with Gasteiger partial charge >= 0.3 is 7.60 Å². The van der Waals surface area contributed by atoms with E-state index >= 15 is 0 Å². The lowest BCUT2D eigenvalue weighted by atomic mass is 9.92. The van der Waals surface area contributed by atoms with Gasteiger partial charge in [0.2, 0.25) is 0 Å². The van der Waals surface area contributed by atoms with Gasteiger partial charge in [-0.1, -0.05) is 19.1 Å². The van der Waals surface area contributed by atoms with Crippen LogP contribution in [0.5, 0.6) is 11.5 Å². The third-order valence-electron chi connectivity index (χ3n) is 3.35. The highest BCUT2D eigenvalue weighted by Crippen LogP contribution is 2.37. The average Bonchev–Trinajstić information content (AvgIpc) is 2.45. The molecule has 2 aromatic rings. The Bertz CT molecular complexity index is 747. The summed E-state index contributed by atoms with van der Waals surface area (Å²) in [6.45, 7) is 1.60. The Hall–Kier alpha value is -2.14. The van der Waals surface area contributed by atoms with Gasteiger partial charge in [0.1, 0.15) is 11.5 Å². The number of benzene rings is 2. The van der Waals surface area contributed by atoms with Crippen LogP contribution in [0, 0.1) is 0 Å². The van der Waals surface area contributed by atoms with Gasteiger partial charge < -0.3 is 20.0 Å². The second-order valence-electron chi connectivity index (χ2n) is 4.92. The van der Waals surface area contributed by atoms with Crippen molar-refractivity contribution >= 4 is 18.7 Å². The van der Waals surface area contributed by atoms with Gasteiger partial charge in [-0.3, -0.25) is 9.36 Å². The van der Waals surface area contributed by atoms with Crippen LogP contribution in [0.2, 0.25) is 0 Å². The molecule has 0 aliphatic carbocycles. The fourth-order valence-corrected chi connectivity index (χ4v) is 2.92. The molecule has 1 unspecified atom stereocenters. The summed E-state index contributed by atoms with van der Waals surface area (Å²) in [4.78, 5) is 31.2. The van der Waals surface area contributed by atoms with Gasteiger partial charge in [0, 0.05) is 11.5 Å². The molecule has 0 saturated carbocycles. The maximum Gasteiger partial charge on any atom is 0.357 e. The molecule has 4 N–H and O–H groups in total. The Labute approximate surface area is 126 Å². The molecule has 0 radical (unpaired) electrons. The molecule has 6 nitrogen and oxygen atoms in total. The molecule has 1 atom stereocenters. The molecule has 2 aromatic carbocycles. The number of phenols is 2. The van der Waals surface area contributed by atoms with Crippen LogP contribution in [0.1, 0.15) is 28.8 Å². The summed E-state index contributed by atoms with van der Waals surface area (Å²) in [6, 6.07) is 9.29. The van der Waals surface area contributed by atoms with Crippen molar-refractivity contribution in [2.24, 2.45) is 0 Å². The SMILES string of the molecule is CC(C(=O)c1ccc(O)cc1P(=O)(O)O)c1ccc(O)cc1. The molecular weight excluding hydrogens is 307 g/mol. The number of hydrogen-bond donors (Lipinski definition) is 4. The Kier molecular flexibility index (Phi) is 4.37. The number of rotatable bonds is 4. The Balaban J connectivity index is 2.45. The lowest BCUT2D eigenvalue weighted by Gasteiger charge is -2.15. The van der Waals surface area contributed by atoms with E-state index < -0.39 is 24.6 Å². The lowest BCUT2D eigenvalue weighted by molar-refractivity contribution is 0.0966. The van der Waals surface area contributed by atoms with Crippen LogP contribution in [0.4, 0.5) is 0 Å². The predicted octanol–water partition coefficient (Wildman–Crippen LogP) is 1.89. The zero-order chi connectivity index (χ0) is 16.5. The quantitative estimate of drug-likeness (QED) is 0.505. The Morgan fingerprint density at radius 1 is 1.00 bits per heavy atom. The molecule has 0 aliphatic rings. The molecule has 7 heteroatoms. The number of aromatic hydroxyl groups is 2. The van der Waals surface area contributed by atoms with Gasteiger partial charge in [0.05, 0.1) is 5.30 Å². The fraction of sp³-hybridized carbons (Fsp3) is 0.133. The number of hydrogen-bond acceptors (Lipinski definition) is 4. The summed E-state index contributed by atoms with van der Waals surface area (Å²) < 4.78 is 11.5. The summed E-state index contributed by atoms with van der Waals surface area (Å²) >= 11 is 0. The number of ketones is 1. The van der Waals surface area contributed by atoms with E-state index in [9.17, 15) is 29.4 Å². The van der Waals surface area contributed by atoms with Crippen molar-refractivity contribution in [2.45, 2.75) is 12.8 Å². The predicted molar refractivity (Wildman–Crippen MR) is 80.6 cm³/mol. The van der Waals surface area contributed by atoms with Gasteiger partial charge in [0.25, 0.3) is 0 Å². The second-order valence-corrected chi connectivity index (χ2v) is 6.49. The first-order valence-electron chi connectivity index (χ1n) is 6.42. The molecule has 22 heavy (non-hydrogen) atoms. The van der Waals surface area contributed by atoms with Crippen LogP contribution in [0.3, 0.4) is 0 Å². The molecule has 2 rings (SSSR count). The minimum atomic E-state index is -4.70. The topological polar surface area (TPSA) is 115 Å². The fourth-order valence-electron chi connectivity index (χ4n) is 2.12. The maximum atomic E-state index is 12.5. The van der Waals surface area contributed by atoms with Crippen molar-refractivity contribution in [3.05, 3.63) is 53.6 Å². The highest BCUT2D eigenvalue weighted by Gasteiger charge is 2.28. The highest BCUT2D eigenvalue weighted by molar-refractivity contribution is 7.60. The van der Waals surface area contributed by atoms with E-state index in [4.69, 9.17) is 0 Å². The Morgan fingerprint density at radius 2 is 1.55 bits per heavy atom. The van der Waals surface area contributed by atoms with Gasteiger partial charge in [-0.05, 0) is 35.9 Å². The number of Topliss-reactive ketones (excluding diaryl/α,β-unsaturated/α-hetero) is 1. The lowest BCUT2D eigenvalue weighted by Crippen LogP contribution is -2.20. The van der Waals surface area contributed by atoms with Crippen molar-refractivity contribution in [1.82, 2.24) is 0 Å². The van der Waals surface area contributed by atoms with Crippen LogP contribution < -0.4 is 5.30 Å². The zero-order valence-electron chi connectivity index (χ0n) is 11.7. The summed E-state index contributed by atoms with van der Waals surface area (Å²) in [7, 11) is -4.70. The molecule has 0 aliphatic heterocycles. The number of phenolic OH excluding ortho intramolecular Hbond substituents is 2. The maximum absolute atomic E-state index is 12.5. The average molecular weight is 322 g/mol.